The Morgan fingerprint density at radius 2 is 2.00 bits per heavy atom. The van der Waals surface area contributed by atoms with E-state index in [2.05, 4.69) is 59.5 Å². The van der Waals surface area contributed by atoms with Crippen molar-refractivity contribution in [2.75, 3.05) is 13.6 Å². The summed E-state index contributed by atoms with van der Waals surface area (Å²) in [6.45, 7) is 10.2. The second-order valence-electron chi connectivity index (χ2n) is 7.18. The summed E-state index contributed by atoms with van der Waals surface area (Å²) in [6, 6.07) is 6.16. The molecule has 0 saturated heterocycles. The van der Waals surface area contributed by atoms with Crippen LogP contribution in [-0.4, -0.2) is 29.7 Å². The van der Waals surface area contributed by atoms with E-state index >= 15 is 0 Å². The number of nitrogens with zero attached hydrogens (tertiary/aromatic N) is 3. The first-order chi connectivity index (χ1) is 13.1. The summed E-state index contributed by atoms with van der Waals surface area (Å²) < 4.78 is 5.47. The Bertz CT molecular complexity index is 692. The van der Waals surface area contributed by atoms with Crippen molar-refractivity contribution in [3.63, 3.8) is 0 Å². The van der Waals surface area contributed by atoms with Crippen LogP contribution in [0.2, 0.25) is 0 Å². The van der Waals surface area contributed by atoms with Gasteiger partial charge in [-0.15, -0.1) is 0 Å². The number of guanidine groups is 1. The number of hydrogen-bond acceptors (Lipinski definition) is 4. The average molecular weight is 372 g/mol. The van der Waals surface area contributed by atoms with Gasteiger partial charge in [0, 0.05) is 43.9 Å². The summed E-state index contributed by atoms with van der Waals surface area (Å²) in [6.07, 6.45) is 5.90. The average Bonchev–Trinajstić information content (AvgIpc) is 3.15. The summed E-state index contributed by atoms with van der Waals surface area (Å²) in [5, 5.41) is 10.9. The predicted octanol–water partition coefficient (Wildman–Crippen LogP) is 4.08. The fourth-order valence-electron chi connectivity index (χ4n) is 3.24. The zero-order valence-electron chi connectivity index (χ0n) is 17.2. The minimum absolute atomic E-state index is 0.365. The third kappa shape index (κ3) is 6.08. The first-order valence-electron chi connectivity index (χ1n) is 9.88. The van der Waals surface area contributed by atoms with E-state index in [1.807, 2.05) is 24.5 Å². The fraction of sp³-hybridized carbons (Fsp3) is 0.571. The minimum atomic E-state index is 0.365. The van der Waals surface area contributed by atoms with Gasteiger partial charge in [0.15, 0.2) is 11.7 Å². The molecule has 0 aliphatic heterocycles. The number of hydrogen-bond donors (Lipinski definition) is 2. The molecule has 6 heteroatoms. The number of aliphatic imine (C=N–C) groups is 1. The highest BCUT2D eigenvalue weighted by Crippen LogP contribution is 2.23. The summed E-state index contributed by atoms with van der Waals surface area (Å²) >= 11 is 0. The first-order valence-corrected chi connectivity index (χ1v) is 9.88. The lowest BCUT2D eigenvalue weighted by atomic mass is 9.89. The van der Waals surface area contributed by atoms with E-state index in [-0.39, 0.29) is 0 Å². The van der Waals surface area contributed by atoms with Gasteiger partial charge in [0.2, 0.25) is 0 Å². The molecule has 0 aliphatic carbocycles. The largest absolute Gasteiger partial charge is 0.359 e. The molecule has 0 aliphatic rings. The maximum atomic E-state index is 5.47. The van der Waals surface area contributed by atoms with Crippen LogP contribution >= 0.6 is 0 Å². The van der Waals surface area contributed by atoms with E-state index in [1.165, 1.54) is 5.56 Å². The highest BCUT2D eigenvalue weighted by atomic mass is 16.5. The molecule has 2 aromatic heterocycles. The lowest BCUT2D eigenvalue weighted by Gasteiger charge is -2.22. The van der Waals surface area contributed by atoms with Gasteiger partial charge in [-0.25, -0.2) is 0 Å². The molecule has 0 amide bonds. The van der Waals surface area contributed by atoms with Gasteiger partial charge < -0.3 is 15.2 Å². The molecular weight excluding hydrogens is 338 g/mol. The fourth-order valence-corrected chi connectivity index (χ4v) is 3.24. The molecule has 6 nitrogen and oxygen atoms in total. The molecule has 148 valence electrons. The van der Waals surface area contributed by atoms with Crippen molar-refractivity contribution < 1.29 is 4.52 Å². The second-order valence-corrected chi connectivity index (χ2v) is 7.18. The topological polar surface area (TPSA) is 75.3 Å². The summed E-state index contributed by atoms with van der Waals surface area (Å²) in [7, 11) is 1.78. The Morgan fingerprint density at radius 1 is 1.22 bits per heavy atom. The second kappa shape index (κ2) is 10.7. The molecule has 2 heterocycles. The van der Waals surface area contributed by atoms with E-state index in [1.54, 1.807) is 7.05 Å². The van der Waals surface area contributed by atoms with Crippen LogP contribution in [0.1, 0.15) is 69.4 Å². The molecule has 2 N–H and O–H groups in total. The lowest BCUT2D eigenvalue weighted by Crippen LogP contribution is -2.39. The smallest absolute Gasteiger partial charge is 0.191 e. The maximum Gasteiger partial charge on any atom is 0.191 e. The molecule has 2 aromatic rings. The molecule has 0 fully saturated rings. The molecule has 2 rings (SSSR count). The monoisotopic (exact) mass is 371 g/mol. The summed E-state index contributed by atoms with van der Waals surface area (Å²) in [5.41, 5.74) is 2.27. The molecular formula is C21H33N5O. The molecule has 1 atom stereocenters. The maximum absolute atomic E-state index is 5.47. The van der Waals surface area contributed by atoms with E-state index in [0.29, 0.717) is 24.3 Å². The Hall–Kier alpha value is -2.37. The molecule has 0 saturated carbocycles. The van der Waals surface area contributed by atoms with Gasteiger partial charge in [0.05, 0.1) is 12.2 Å². The van der Waals surface area contributed by atoms with Crippen LogP contribution in [0.15, 0.2) is 40.1 Å². The van der Waals surface area contributed by atoms with E-state index in [9.17, 15) is 0 Å². The highest BCUT2D eigenvalue weighted by molar-refractivity contribution is 5.79. The lowest BCUT2D eigenvalue weighted by molar-refractivity contribution is 0.368. The van der Waals surface area contributed by atoms with Crippen LogP contribution in [0.4, 0.5) is 0 Å². The van der Waals surface area contributed by atoms with Crippen LogP contribution in [-0.2, 0) is 6.54 Å². The molecule has 0 bridgehead atoms. The zero-order valence-corrected chi connectivity index (χ0v) is 17.2. The third-order valence-corrected chi connectivity index (χ3v) is 5.04. The van der Waals surface area contributed by atoms with E-state index < -0.39 is 0 Å². The first kappa shape index (κ1) is 20.9. The van der Waals surface area contributed by atoms with Gasteiger partial charge in [-0.2, -0.15) is 0 Å². The molecule has 0 aromatic carbocycles. The molecule has 27 heavy (non-hydrogen) atoms. The SMILES string of the molecule is CCC(CC)c1cc(CNC(=NC)NCC(c2cccnc2)C(C)C)on1. The summed E-state index contributed by atoms with van der Waals surface area (Å²) in [4.78, 5) is 8.57. The van der Waals surface area contributed by atoms with Crippen LogP contribution in [0.25, 0.3) is 0 Å². The Kier molecular flexibility index (Phi) is 8.30. The quantitative estimate of drug-likeness (QED) is 0.513. The Labute approximate surface area is 162 Å². The van der Waals surface area contributed by atoms with Gasteiger partial charge in [0.25, 0.3) is 0 Å². The van der Waals surface area contributed by atoms with Gasteiger partial charge >= 0.3 is 0 Å². The van der Waals surface area contributed by atoms with Crippen molar-refractivity contribution in [3.8, 4) is 0 Å². The van der Waals surface area contributed by atoms with Gasteiger partial charge in [-0.05, 0) is 30.4 Å². The predicted molar refractivity (Wildman–Crippen MR) is 110 cm³/mol. The number of pyridine rings is 1. The van der Waals surface area contributed by atoms with Gasteiger partial charge in [-0.3, -0.25) is 9.98 Å². The molecule has 0 spiro atoms. The van der Waals surface area contributed by atoms with Crippen molar-refractivity contribution in [3.05, 3.63) is 47.6 Å². The van der Waals surface area contributed by atoms with Crippen molar-refractivity contribution in [1.29, 1.82) is 0 Å². The van der Waals surface area contributed by atoms with Crippen LogP contribution < -0.4 is 10.6 Å². The standard InChI is InChI=1S/C21H33N5O/c1-6-16(7-2)20-11-18(27-26-20)13-24-21(22-5)25-14-19(15(3)4)17-9-8-10-23-12-17/h8-12,15-16,19H,6-7,13-14H2,1-5H3,(H2,22,24,25). The van der Waals surface area contributed by atoms with Crippen molar-refractivity contribution >= 4 is 5.96 Å². The summed E-state index contributed by atoms with van der Waals surface area (Å²) in [5.74, 6) is 2.91. The molecule has 0 radical (unpaired) electrons. The van der Waals surface area contributed by atoms with Crippen molar-refractivity contribution in [1.82, 2.24) is 20.8 Å². The number of rotatable bonds is 9. The highest BCUT2D eigenvalue weighted by Gasteiger charge is 2.17. The Balaban J connectivity index is 1.90. The Morgan fingerprint density at radius 3 is 2.59 bits per heavy atom. The zero-order chi connectivity index (χ0) is 19.6. The third-order valence-electron chi connectivity index (χ3n) is 5.04. The van der Waals surface area contributed by atoms with Gasteiger partial charge in [-0.1, -0.05) is 38.9 Å². The van der Waals surface area contributed by atoms with Crippen molar-refractivity contribution in [2.24, 2.45) is 10.9 Å². The molecule has 1 unspecified atom stereocenters. The number of aromatic nitrogens is 2. The normalized spacial score (nSPS) is 13.2. The van der Waals surface area contributed by atoms with Crippen molar-refractivity contribution in [2.45, 2.75) is 58.9 Å². The van der Waals surface area contributed by atoms with Crippen LogP contribution in [0, 0.1) is 5.92 Å². The van der Waals surface area contributed by atoms with E-state index in [4.69, 9.17) is 4.52 Å². The van der Waals surface area contributed by atoms with E-state index in [0.717, 1.165) is 36.8 Å². The minimum Gasteiger partial charge on any atom is -0.359 e. The van der Waals surface area contributed by atoms with Gasteiger partial charge in [0.1, 0.15) is 0 Å². The van der Waals surface area contributed by atoms with Crippen LogP contribution in [0.3, 0.4) is 0 Å². The number of nitrogens with one attached hydrogen (secondary N) is 2. The van der Waals surface area contributed by atoms with Crippen LogP contribution in [0.5, 0.6) is 0 Å².